The molecule has 0 aromatic rings. The molecule has 0 radical (unpaired) electrons. The molecule has 0 unspecified atom stereocenters. The highest BCUT2D eigenvalue weighted by Gasteiger charge is 2.27. The van der Waals surface area contributed by atoms with Gasteiger partial charge in [-0.05, 0) is 17.3 Å². The molecule has 0 aromatic carbocycles. The van der Waals surface area contributed by atoms with Gasteiger partial charge in [0, 0.05) is 13.5 Å². The Morgan fingerprint density at radius 1 is 1.14 bits per heavy atom. The summed E-state index contributed by atoms with van der Waals surface area (Å²) in [5.74, 6) is 0.0624. The minimum absolute atomic E-state index is 0.0624. The van der Waals surface area contributed by atoms with E-state index in [-0.39, 0.29) is 11.3 Å². The molecule has 0 aliphatic carbocycles. The fraction of sp³-hybridized carbons (Fsp3) is 0.917. The first-order valence-electron chi connectivity index (χ1n) is 5.43. The number of amides is 1. The van der Waals surface area contributed by atoms with Crippen molar-refractivity contribution in [3.8, 4) is 0 Å². The fourth-order valence-corrected chi connectivity index (χ4v) is 1.85. The Morgan fingerprint density at radius 2 is 1.64 bits per heavy atom. The Bertz CT molecular complexity index is 194. The predicted molar refractivity (Wildman–Crippen MR) is 61.2 cm³/mol. The van der Waals surface area contributed by atoms with E-state index in [1.807, 2.05) is 0 Å². The van der Waals surface area contributed by atoms with Crippen molar-refractivity contribution < 1.29 is 4.79 Å². The van der Waals surface area contributed by atoms with E-state index in [0.29, 0.717) is 5.41 Å². The van der Waals surface area contributed by atoms with Crippen molar-refractivity contribution in [3.63, 3.8) is 0 Å². The Morgan fingerprint density at radius 3 is 2.00 bits per heavy atom. The van der Waals surface area contributed by atoms with E-state index in [9.17, 15) is 4.79 Å². The van der Waals surface area contributed by atoms with Crippen molar-refractivity contribution >= 4 is 5.91 Å². The van der Waals surface area contributed by atoms with Gasteiger partial charge in [0.1, 0.15) is 0 Å². The zero-order chi connectivity index (χ0) is 11.4. The molecule has 0 heterocycles. The van der Waals surface area contributed by atoms with Crippen molar-refractivity contribution in [3.05, 3.63) is 0 Å². The molecule has 84 valence electrons. The summed E-state index contributed by atoms with van der Waals surface area (Å²) < 4.78 is 0. The van der Waals surface area contributed by atoms with E-state index >= 15 is 0 Å². The lowest BCUT2D eigenvalue weighted by Gasteiger charge is -2.34. The normalized spacial score (nSPS) is 12.7. The van der Waals surface area contributed by atoms with E-state index in [0.717, 1.165) is 13.0 Å². The molecule has 0 aliphatic heterocycles. The molecule has 0 saturated heterocycles. The Labute approximate surface area is 88.5 Å². The van der Waals surface area contributed by atoms with Crippen LogP contribution >= 0.6 is 0 Å². The Hall–Kier alpha value is -0.530. The monoisotopic (exact) mass is 199 g/mol. The molecule has 0 rings (SSSR count). The minimum Gasteiger partial charge on any atom is -0.356 e. The Kier molecular flexibility index (Phi) is 4.63. The van der Waals surface area contributed by atoms with Crippen LogP contribution in [0.1, 0.15) is 54.4 Å². The zero-order valence-electron chi connectivity index (χ0n) is 10.5. The maximum atomic E-state index is 10.8. The standard InChI is InChI=1S/C12H25NO/c1-7-11(3,4)8-12(5,6)9-13-10(2)14/h7-9H2,1-6H3,(H,13,14). The van der Waals surface area contributed by atoms with Crippen molar-refractivity contribution in [2.75, 3.05) is 6.54 Å². The van der Waals surface area contributed by atoms with Crippen molar-refractivity contribution in [1.82, 2.24) is 5.32 Å². The van der Waals surface area contributed by atoms with Gasteiger partial charge in [-0.15, -0.1) is 0 Å². The fourth-order valence-electron chi connectivity index (χ4n) is 1.85. The summed E-state index contributed by atoms with van der Waals surface area (Å²) in [6.07, 6.45) is 2.31. The van der Waals surface area contributed by atoms with Crippen LogP contribution in [0.4, 0.5) is 0 Å². The van der Waals surface area contributed by atoms with Crippen LogP contribution in [0.5, 0.6) is 0 Å². The van der Waals surface area contributed by atoms with Gasteiger partial charge < -0.3 is 5.32 Å². The molecule has 0 fully saturated rings. The second-order valence-electron chi connectivity index (χ2n) is 5.77. The first-order valence-corrected chi connectivity index (χ1v) is 5.43. The van der Waals surface area contributed by atoms with Crippen molar-refractivity contribution in [2.45, 2.75) is 54.4 Å². The molecule has 0 saturated carbocycles. The van der Waals surface area contributed by atoms with Crippen LogP contribution in [0.2, 0.25) is 0 Å². The number of hydrogen-bond donors (Lipinski definition) is 1. The van der Waals surface area contributed by atoms with E-state index in [2.05, 4.69) is 39.9 Å². The summed E-state index contributed by atoms with van der Waals surface area (Å²) in [4.78, 5) is 10.8. The molecule has 1 N–H and O–H groups in total. The van der Waals surface area contributed by atoms with Gasteiger partial charge in [0.15, 0.2) is 0 Å². The van der Waals surface area contributed by atoms with Crippen LogP contribution in [0.3, 0.4) is 0 Å². The summed E-state index contributed by atoms with van der Waals surface area (Å²) >= 11 is 0. The lowest BCUT2D eigenvalue weighted by molar-refractivity contribution is -0.119. The first kappa shape index (κ1) is 13.5. The van der Waals surface area contributed by atoms with Gasteiger partial charge in [0.25, 0.3) is 0 Å². The molecule has 0 aliphatic rings. The zero-order valence-corrected chi connectivity index (χ0v) is 10.5. The van der Waals surface area contributed by atoms with Crippen molar-refractivity contribution in [2.24, 2.45) is 10.8 Å². The highest BCUT2D eigenvalue weighted by Crippen LogP contribution is 2.35. The quantitative estimate of drug-likeness (QED) is 0.724. The molecule has 0 aromatic heterocycles. The van der Waals surface area contributed by atoms with Gasteiger partial charge in [-0.25, -0.2) is 0 Å². The summed E-state index contributed by atoms with van der Waals surface area (Å²) in [6, 6.07) is 0. The third-order valence-electron chi connectivity index (χ3n) is 2.73. The van der Waals surface area contributed by atoms with E-state index < -0.39 is 0 Å². The van der Waals surface area contributed by atoms with Gasteiger partial charge in [-0.2, -0.15) is 0 Å². The van der Waals surface area contributed by atoms with E-state index in [1.54, 1.807) is 6.92 Å². The molecule has 0 atom stereocenters. The number of carbonyl (C=O) groups is 1. The largest absolute Gasteiger partial charge is 0.356 e. The molecular formula is C12H25NO. The first-order chi connectivity index (χ1) is 6.18. The van der Waals surface area contributed by atoms with Crippen LogP contribution < -0.4 is 5.32 Å². The van der Waals surface area contributed by atoms with Crippen LogP contribution in [0, 0.1) is 10.8 Å². The Balaban J connectivity index is 4.12. The molecule has 14 heavy (non-hydrogen) atoms. The van der Waals surface area contributed by atoms with Gasteiger partial charge >= 0.3 is 0 Å². The van der Waals surface area contributed by atoms with Gasteiger partial charge in [-0.1, -0.05) is 41.0 Å². The topological polar surface area (TPSA) is 29.1 Å². The molecule has 2 nitrogen and oxygen atoms in total. The second-order valence-corrected chi connectivity index (χ2v) is 5.77. The number of carbonyl (C=O) groups excluding carboxylic acids is 1. The maximum absolute atomic E-state index is 10.8. The lowest BCUT2D eigenvalue weighted by Crippen LogP contribution is -2.35. The van der Waals surface area contributed by atoms with Gasteiger partial charge in [0.05, 0.1) is 0 Å². The second kappa shape index (κ2) is 4.81. The van der Waals surface area contributed by atoms with E-state index in [1.165, 1.54) is 6.42 Å². The van der Waals surface area contributed by atoms with Crippen LogP contribution in [-0.4, -0.2) is 12.5 Å². The number of rotatable bonds is 5. The van der Waals surface area contributed by atoms with Crippen LogP contribution in [0.15, 0.2) is 0 Å². The van der Waals surface area contributed by atoms with Crippen molar-refractivity contribution in [1.29, 1.82) is 0 Å². The SMILES string of the molecule is CCC(C)(C)CC(C)(C)CNC(C)=O. The van der Waals surface area contributed by atoms with Crippen LogP contribution in [0.25, 0.3) is 0 Å². The summed E-state index contributed by atoms with van der Waals surface area (Å²) in [6.45, 7) is 13.5. The highest BCUT2D eigenvalue weighted by molar-refractivity contribution is 5.72. The molecule has 1 amide bonds. The van der Waals surface area contributed by atoms with E-state index in [4.69, 9.17) is 0 Å². The smallest absolute Gasteiger partial charge is 0.216 e. The summed E-state index contributed by atoms with van der Waals surface area (Å²) in [5, 5.41) is 2.89. The molecule has 2 heteroatoms. The summed E-state index contributed by atoms with van der Waals surface area (Å²) in [5.41, 5.74) is 0.549. The number of hydrogen-bond acceptors (Lipinski definition) is 1. The molecular weight excluding hydrogens is 174 g/mol. The predicted octanol–water partition coefficient (Wildman–Crippen LogP) is 2.98. The average Bonchev–Trinajstić information content (AvgIpc) is 1.99. The third-order valence-corrected chi connectivity index (χ3v) is 2.73. The lowest BCUT2D eigenvalue weighted by atomic mass is 9.74. The minimum atomic E-state index is 0.0624. The van der Waals surface area contributed by atoms with Crippen LogP contribution in [-0.2, 0) is 4.79 Å². The summed E-state index contributed by atoms with van der Waals surface area (Å²) in [7, 11) is 0. The third kappa shape index (κ3) is 6.01. The average molecular weight is 199 g/mol. The number of nitrogens with one attached hydrogen (secondary N) is 1. The molecule has 0 bridgehead atoms. The molecule has 0 spiro atoms. The van der Waals surface area contributed by atoms with Gasteiger partial charge in [0.2, 0.25) is 5.91 Å². The highest BCUT2D eigenvalue weighted by atomic mass is 16.1. The van der Waals surface area contributed by atoms with Gasteiger partial charge in [-0.3, -0.25) is 4.79 Å². The maximum Gasteiger partial charge on any atom is 0.216 e.